The molecule has 0 aliphatic heterocycles. The van der Waals surface area contributed by atoms with Crippen molar-refractivity contribution in [2.75, 3.05) is 7.11 Å². The minimum absolute atomic E-state index is 0.212. The molecule has 0 bridgehead atoms. The van der Waals surface area contributed by atoms with E-state index in [1.807, 2.05) is 0 Å². The number of benzene rings is 2. The molecule has 0 saturated heterocycles. The van der Waals surface area contributed by atoms with E-state index in [2.05, 4.69) is 25.9 Å². The van der Waals surface area contributed by atoms with Crippen molar-refractivity contribution in [3.05, 3.63) is 69.4 Å². The second kappa shape index (κ2) is 7.79. The number of rotatable bonds is 6. The molecule has 0 spiro atoms. The zero-order valence-corrected chi connectivity index (χ0v) is 15.0. The molecule has 0 amide bonds. The Balaban J connectivity index is 1.92. The molecule has 26 heavy (non-hydrogen) atoms. The van der Waals surface area contributed by atoms with Gasteiger partial charge in [0.2, 0.25) is 0 Å². The van der Waals surface area contributed by atoms with Gasteiger partial charge in [-0.3, -0.25) is 10.1 Å². The minimum atomic E-state index is -0.646. The summed E-state index contributed by atoms with van der Waals surface area (Å²) in [5.41, 5.74) is -0.466. The van der Waals surface area contributed by atoms with Crippen LogP contribution in [0.1, 0.15) is 0 Å². The quantitative estimate of drug-likeness (QED) is 0.421. The van der Waals surface area contributed by atoms with Crippen LogP contribution in [0.3, 0.4) is 0 Å². The van der Waals surface area contributed by atoms with Crippen LogP contribution in [0.5, 0.6) is 29.0 Å². The van der Waals surface area contributed by atoms with E-state index in [-0.39, 0.29) is 11.8 Å². The predicted octanol–water partition coefficient (Wildman–Crippen LogP) is 4.74. The van der Waals surface area contributed by atoms with Crippen molar-refractivity contribution in [2.45, 2.75) is 0 Å². The fourth-order valence-corrected chi connectivity index (χ4v) is 2.29. The van der Waals surface area contributed by atoms with Gasteiger partial charge in [0.25, 0.3) is 0 Å². The number of nitrogens with zero attached hydrogens (tertiary/aromatic N) is 3. The third-order valence-corrected chi connectivity index (χ3v) is 3.77. The van der Waals surface area contributed by atoms with E-state index >= 15 is 0 Å². The Bertz CT molecular complexity index is 917. The van der Waals surface area contributed by atoms with Crippen molar-refractivity contribution >= 4 is 21.6 Å². The maximum absolute atomic E-state index is 11.5. The Labute approximate surface area is 156 Å². The van der Waals surface area contributed by atoms with Gasteiger partial charge in [-0.1, -0.05) is 15.9 Å². The number of ether oxygens (including phenoxy) is 3. The monoisotopic (exact) mass is 417 g/mol. The summed E-state index contributed by atoms with van der Waals surface area (Å²) in [7, 11) is 1.54. The Hall–Kier alpha value is -3.20. The molecular weight excluding hydrogens is 406 g/mol. The fraction of sp³-hybridized carbons (Fsp3) is 0.0588. The van der Waals surface area contributed by atoms with Crippen LogP contribution in [-0.4, -0.2) is 22.0 Å². The van der Waals surface area contributed by atoms with Gasteiger partial charge in [-0.05, 0) is 48.5 Å². The average molecular weight is 418 g/mol. The van der Waals surface area contributed by atoms with Crippen LogP contribution in [0.2, 0.25) is 0 Å². The summed E-state index contributed by atoms with van der Waals surface area (Å²) < 4.78 is 17.0. The highest BCUT2D eigenvalue weighted by molar-refractivity contribution is 9.10. The molecule has 9 heteroatoms. The lowest BCUT2D eigenvalue weighted by atomic mass is 10.3. The summed E-state index contributed by atoms with van der Waals surface area (Å²) in [6, 6.07) is 13.4. The smallest absolute Gasteiger partial charge is 0.393 e. The molecule has 0 aliphatic carbocycles. The van der Waals surface area contributed by atoms with Gasteiger partial charge in [-0.2, -0.15) is 9.97 Å². The van der Waals surface area contributed by atoms with Gasteiger partial charge in [-0.25, -0.2) is 0 Å². The molecule has 0 aliphatic rings. The van der Waals surface area contributed by atoms with Crippen LogP contribution in [0.15, 0.2) is 59.3 Å². The zero-order chi connectivity index (χ0) is 18.5. The van der Waals surface area contributed by atoms with Gasteiger partial charge in [0.05, 0.1) is 12.0 Å². The number of hydrogen-bond donors (Lipinski definition) is 0. The lowest BCUT2D eigenvalue weighted by molar-refractivity contribution is -0.387. The highest BCUT2D eigenvalue weighted by atomic mass is 79.9. The molecule has 1 heterocycles. The fourth-order valence-electron chi connectivity index (χ4n) is 2.02. The van der Waals surface area contributed by atoms with Crippen LogP contribution < -0.4 is 14.2 Å². The lowest BCUT2D eigenvalue weighted by Crippen LogP contribution is -2.01. The van der Waals surface area contributed by atoms with Crippen molar-refractivity contribution in [2.24, 2.45) is 0 Å². The average Bonchev–Trinajstić information content (AvgIpc) is 2.64. The summed E-state index contributed by atoms with van der Waals surface area (Å²) >= 11 is 3.31. The van der Waals surface area contributed by atoms with Crippen LogP contribution >= 0.6 is 15.9 Å². The van der Waals surface area contributed by atoms with E-state index in [9.17, 15) is 10.1 Å². The molecule has 3 rings (SSSR count). The van der Waals surface area contributed by atoms with Gasteiger partial charge in [0.15, 0.2) is 0 Å². The number of hydrogen-bond acceptors (Lipinski definition) is 7. The molecule has 2 aromatic carbocycles. The SMILES string of the molecule is COc1ccc(Oc2ncnc(Oc3ccc(Br)cc3)c2[N+](=O)[O-])cc1. The van der Waals surface area contributed by atoms with Crippen molar-refractivity contribution in [3.63, 3.8) is 0 Å². The summed E-state index contributed by atoms with van der Waals surface area (Å²) in [5.74, 6) is 0.958. The van der Waals surface area contributed by atoms with Crippen LogP contribution in [0, 0.1) is 10.1 Å². The van der Waals surface area contributed by atoms with Crippen molar-refractivity contribution in [1.82, 2.24) is 9.97 Å². The zero-order valence-electron chi connectivity index (χ0n) is 13.5. The number of methoxy groups -OCH3 is 1. The van der Waals surface area contributed by atoms with Gasteiger partial charge < -0.3 is 14.2 Å². The van der Waals surface area contributed by atoms with Gasteiger partial charge in [0.1, 0.15) is 23.6 Å². The Morgan fingerprint density at radius 2 is 1.35 bits per heavy atom. The molecular formula is C17H12BrN3O5. The molecule has 1 aromatic heterocycles. The van der Waals surface area contributed by atoms with E-state index < -0.39 is 10.6 Å². The molecule has 3 aromatic rings. The summed E-state index contributed by atoms with van der Waals surface area (Å²) in [5, 5.41) is 11.5. The molecule has 0 unspecified atom stereocenters. The topological polar surface area (TPSA) is 96.6 Å². The number of halogens is 1. The first-order valence-corrected chi connectivity index (χ1v) is 8.11. The first-order valence-electron chi connectivity index (χ1n) is 7.31. The van der Waals surface area contributed by atoms with Crippen LogP contribution in [0.25, 0.3) is 0 Å². The lowest BCUT2D eigenvalue weighted by Gasteiger charge is -2.09. The van der Waals surface area contributed by atoms with Crippen molar-refractivity contribution < 1.29 is 19.1 Å². The first-order chi connectivity index (χ1) is 12.6. The second-order valence-corrected chi connectivity index (χ2v) is 5.84. The van der Waals surface area contributed by atoms with E-state index in [0.29, 0.717) is 17.2 Å². The number of nitro groups is 1. The summed E-state index contributed by atoms with van der Waals surface area (Å²) in [6.07, 6.45) is 1.14. The highest BCUT2D eigenvalue weighted by Crippen LogP contribution is 2.37. The Morgan fingerprint density at radius 1 is 0.885 bits per heavy atom. The third kappa shape index (κ3) is 4.06. The Kier molecular flexibility index (Phi) is 5.28. The molecule has 0 saturated carbocycles. The predicted molar refractivity (Wildman–Crippen MR) is 96.0 cm³/mol. The number of aromatic nitrogens is 2. The standard InChI is InChI=1S/C17H12BrN3O5/c1-24-12-6-8-14(9-7-12)26-17-15(21(22)23)16(19-10-20-17)25-13-4-2-11(18)3-5-13/h2-10H,1H3. The molecule has 0 atom stereocenters. The molecule has 0 radical (unpaired) electrons. The van der Waals surface area contributed by atoms with Gasteiger partial charge in [-0.15, -0.1) is 0 Å². The van der Waals surface area contributed by atoms with E-state index in [4.69, 9.17) is 14.2 Å². The van der Waals surface area contributed by atoms with Crippen LogP contribution in [-0.2, 0) is 0 Å². The summed E-state index contributed by atoms with van der Waals surface area (Å²) in [6.45, 7) is 0. The summed E-state index contributed by atoms with van der Waals surface area (Å²) in [4.78, 5) is 18.6. The van der Waals surface area contributed by atoms with E-state index in [1.165, 1.54) is 7.11 Å². The van der Waals surface area contributed by atoms with Crippen molar-refractivity contribution in [3.8, 4) is 29.0 Å². The van der Waals surface area contributed by atoms with Gasteiger partial charge in [0, 0.05) is 4.47 Å². The first kappa shape index (κ1) is 17.6. The van der Waals surface area contributed by atoms with E-state index in [1.54, 1.807) is 48.5 Å². The largest absolute Gasteiger partial charge is 0.497 e. The van der Waals surface area contributed by atoms with Crippen molar-refractivity contribution in [1.29, 1.82) is 0 Å². The molecule has 132 valence electrons. The molecule has 8 nitrogen and oxygen atoms in total. The van der Waals surface area contributed by atoms with E-state index in [0.717, 1.165) is 10.8 Å². The Morgan fingerprint density at radius 3 is 1.81 bits per heavy atom. The molecule has 0 N–H and O–H groups in total. The maximum Gasteiger partial charge on any atom is 0.393 e. The minimum Gasteiger partial charge on any atom is -0.497 e. The molecule has 0 fully saturated rings. The highest BCUT2D eigenvalue weighted by Gasteiger charge is 2.27. The third-order valence-electron chi connectivity index (χ3n) is 3.24. The van der Waals surface area contributed by atoms with Gasteiger partial charge >= 0.3 is 17.4 Å². The second-order valence-electron chi connectivity index (χ2n) is 4.92. The maximum atomic E-state index is 11.5. The van der Waals surface area contributed by atoms with Crippen LogP contribution in [0.4, 0.5) is 5.69 Å². The normalized spacial score (nSPS) is 10.2.